The highest BCUT2D eigenvalue weighted by molar-refractivity contribution is 7.87. The zero-order valence-corrected chi connectivity index (χ0v) is 14.7. The number of halogens is 2. The second-order valence-electron chi connectivity index (χ2n) is 5.57. The van der Waals surface area contributed by atoms with E-state index in [0.29, 0.717) is 6.07 Å². The molecule has 2 atom stereocenters. The van der Waals surface area contributed by atoms with Crippen LogP contribution in [0.4, 0.5) is 14.5 Å². The topological polar surface area (TPSA) is 78.5 Å². The van der Waals surface area contributed by atoms with Crippen LogP contribution in [0.2, 0.25) is 0 Å². The fraction of sp³-hybridized carbons (Fsp3) is 0.267. The zero-order valence-electron chi connectivity index (χ0n) is 13.1. The van der Waals surface area contributed by atoms with Crippen molar-refractivity contribution in [1.29, 1.82) is 0 Å². The summed E-state index contributed by atoms with van der Waals surface area (Å²) in [6, 6.07) is 4.74. The molecule has 0 aliphatic carbocycles. The highest BCUT2D eigenvalue weighted by atomic mass is 32.2. The van der Waals surface area contributed by atoms with E-state index in [9.17, 15) is 22.0 Å². The number of anilines is 1. The molecule has 10 heteroatoms. The average Bonchev–Trinajstić information content (AvgIpc) is 3.07. The lowest BCUT2D eigenvalue weighted by Crippen LogP contribution is -2.55. The molecular weight excluding hydrogens is 372 g/mol. The van der Waals surface area contributed by atoms with Crippen molar-refractivity contribution in [3.05, 3.63) is 52.2 Å². The third-order valence-corrected chi connectivity index (χ3v) is 6.53. The van der Waals surface area contributed by atoms with Crippen LogP contribution in [-0.4, -0.2) is 31.7 Å². The van der Waals surface area contributed by atoms with Gasteiger partial charge in [-0.1, -0.05) is 6.07 Å². The Labute approximate surface area is 147 Å². The van der Waals surface area contributed by atoms with Gasteiger partial charge in [0.15, 0.2) is 0 Å². The Balaban J connectivity index is 1.84. The van der Waals surface area contributed by atoms with Crippen molar-refractivity contribution in [2.45, 2.75) is 18.5 Å². The molecule has 2 heterocycles. The maximum Gasteiger partial charge on any atom is 0.280 e. The summed E-state index contributed by atoms with van der Waals surface area (Å²) in [5.74, 6) is -2.38. The van der Waals surface area contributed by atoms with E-state index >= 15 is 0 Å². The third kappa shape index (κ3) is 3.71. The number of likely N-dealkylation sites (N-methyl/N-ethyl adjacent to an activating group) is 1. The summed E-state index contributed by atoms with van der Waals surface area (Å²) in [7, 11) is -2.59. The molecule has 1 aliphatic heterocycles. The monoisotopic (exact) mass is 387 g/mol. The molecule has 0 radical (unpaired) electrons. The molecule has 1 amide bonds. The highest BCUT2D eigenvalue weighted by Crippen LogP contribution is 2.31. The van der Waals surface area contributed by atoms with Crippen LogP contribution in [0.1, 0.15) is 17.3 Å². The Hall–Kier alpha value is -1.88. The van der Waals surface area contributed by atoms with Gasteiger partial charge in [0.2, 0.25) is 5.91 Å². The van der Waals surface area contributed by atoms with Crippen LogP contribution >= 0.6 is 11.3 Å². The minimum Gasteiger partial charge on any atom is -0.322 e. The molecule has 2 aromatic rings. The molecule has 134 valence electrons. The maximum absolute atomic E-state index is 13.7. The summed E-state index contributed by atoms with van der Waals surface area (Å²) in [6.07, 6.45) is 0.185. The van der Waals surface area contributed by atoms with E-state index in [2.05, 4.69) is 10.0 Å². The van der Waals surface area contributed by atoms with Crippen molar-refractivity contribution in [2.24, 2.45) is 0 Å². The van der Waals surface area contributed by atoms with Gasteiger partial charge in [0.25, 0.3) is 10.2 Å². The number of rotatable bonds is 3. The zero-order chi connectivity index (χ0) is 18.2. The number of nitrogens with zero attached hydrogens (tertiary/aromatic N) is 1. The first-order valence-corrected chi connectivity index (χ1v) is 9.64. The van der Waals surface area contributed by atoms with Gasteiger partial charge >= 0.3 is 0 Å². The first-order valence-electron chi connectivity index (χ1n) is 7.32. The van der Waals surface area contributed by atoms with Gasteiger partial charge < -0.3 is 5.32 Å². The van der Waals surface area contributed by atoms with E-state index < -0.39 is 39.8 Å². The summed E-state index contributed by atoms with van der Waals surface area (Å²) < 4.78 is 54.7. The van der Waals surface area contributed by atoms with Crippen molar-refractivity contribution in [1.82, 2.24) is 9.03 Å². The predicted octanol–water partition coefficient (Wildman–Crippen LogP) is 2.24. The molecule has 25 heavy (non-hydrogen) atoms. The molecule has 1 aromatic carbocycles. The Morgan fingerprint density at radius 1 is 1.36 bits per heavy atom. The van der Waals surface area contributed by atoms with Crippen LogP contribution in [0.25, 0.3) is 0 Å². The van der Waals surface area contributed by atoms with Gasteiger partial charge in [-0.3, -0.25) is 4.79 Å². The summed E-state index contributed by atoms with van der Waals surface area (Å²) in [5, 5.41) is 4.14. The second-order valence-corrected chi connectivity index (χ2v) is 8.31. The van der Waals surface area contributed by atoms with Crippen LogP contribution in [0.5, 0.6) is 0 Å². The number of hydrogen-bond acceptors (Lipinski definition) is 4. The normalized spacial score (nSPS) is 23.3. The van der Waals surface area contributed by atoms with Crippen molar-refractivity contribution in [3.8, 4) is 0 Å². The molecular formula is C15H15F2N3O3S2. The lowest BCUT2D eigenvalue weighted by Gasteiger charge is -2.35. The quantitative estimate of drug-likeness (QED) is 0.848. The molecule has 3 rings (SSSR count). The van der Waals surface area contributed by atoms with E-state index in [0.717, 1.165) is 21.3 Å². The van der Waals surface area contributed by atoms with E-state index in [1.807, 2.05) is 5.38 Å². The molecule has 1 aliphatic rings. The minimum absolute atomic E-state index is 0.185. The van der Waals surface area contributed by atoms with Gasteiger partial charge in [0.05, 0.1) is 11.7 Å². The molecule has 2 N–H and O–H groups in total. The largest absolute Gasteiger partial charge is 0.322 e. The molecule has 1 aromatic heterocycles. The molecule has 0 saturated carbocycles. The van der Waals surface area contributed by atoms with E-state index in [1.54, 1.807) is 12.1 Å². The first kappa shape index (κ1) is 17.9. The summed E-state index contributed by atoms with van der Waals surface area (Å²) in [6.45, 7) is 0. The number of amides is 1. The van der Waals surface area contributed by atoms with Crippen molar-refractivity contribution in [2.75, 3.05) is 12.4 Å². The van der Waals surface area contributed by atoms with Gasteiger partial charge in [-0.15, -0.1) is 11.3 Å². The predicted molar refractivity (Wildman–Crippen MR) is 90.3 cm³/mol. The summed E-state index contributed by atoms with van der Waals surface area (Å²) in [5.41, 5.74) is -0.205. The average molecular weight is 387 g/mol. The Bertz CT molecular complexity index is 887. The number of carbonyl (C=O) groups is 1. The molecule has 1 fully saturated rings. The van der Waals surface area contributed by atoms with Crippen molar-refractivity contribution >= 4 is 33.1 Å². The number of thiophene rings is 1. The fourth-order valence-corrected chi connectivity index (χ4v) is 4.72. The molecule has 1 saturated heterocycles. The van der Waals surface area contributed by atoms with Crippen molar-refractivity contribution in [3.63, 3.8) is 0 Å². The van der Waals surface area contributed by atoms with Crippen LogP contribution in [0, 0.1) is 11.6 Å². The van der Waals surface area contributed by atoms with Crippen LogP contribution in [-0.2, 0) is 15.0 Å². The van der Waals surface area contributed by atoms with Gasteiger partial charge in [0.1, 0.15) is 17.7 Å². The van der Waals surface area contributed by atoms with E-state index in [1.165, 1.54) is 18.4 Å². The third-order valence-electron chi connectivity index (χ3n) is 3.95. The lowest BCUT2D eigenvalue weighted by molar-refractivity contribution is -0.120. The SMILES string of the molecule is CN1[C@@H](C(=O)Nc2ccc(F)cc2F)C[C@H](c2cccs2)NS1(=O)=O. The highest BCUT2D eigenvalue weighted by Gasteiger charge is 2.41. The molecule has 0 unspecified atom stereocenters. The Morgan fingerprint density at radius 2 is 2.12 bits per heavy atom. The van der Waals surface area contributed by atoms with Crippen LogP contribution in [0.15, 0.2) is 35.7 Å². The van der Waals surface area contributed by atoms with E-state index in [-0.39, 0.29) is 12.1 Å². The first-order chi connectivity index (χ1) is 11.8. The number of hydrogen-bond donors (Lipinski definition) is 2. The fourth-order valence-electron chi connectivity index (χ4n) is 2.59. The smallest absolute Gasteiger partial charge is 0.280 e. The molecule has 0 spiro atoms. The van der Waals surface area contributed by atoms with Gasteiger partial charge in [-0.2, -0.15) is 17.4 Å². The lowest BCUT2D eigenvalue weighted by atomic mass is 10.1. The Kier molecular flexibility index (Phi) is 4.87. The maximum atomic E-state index is 13.7. The van der Waals surface area contributed by atoms with Crippen LogP contribution in [0.3, 0.4) is 0 Å². The standard InChI is InChI=1S/C15H15F2N3O3S2/c1-20-13(15(21)18-11-5-4-9(16)7-10(11)17)8-12(19-25(20,22)23)14-3-2-6-24-14/h2-7,12-13,19H,8H2,1H3,(H,18,21)/t12-,13-/m1/s1. The van der Waals surface area contributed by atoms with E-state index in [4.69, 9.17) is 0 Å². The minimum atomic E-state index is -3.86. The van der Waals surface area contributed by atoms with Gasteiger partial charge in [-0.25, -0.2) is 8.78 Å². The van der Waals surface area contributed by atoms with Crippen LogP contribution < -0.4 is 10.0 Å². The van der Waals surface area contributed by atoms with Crippen molar-refractivity contribution < 1.29 is 22.0 Å². The number of benzene rings is 1. The summed E-state index contributed by atoms with van der Waals surface area (Å²) >= 11 is 1.37. The number of carbonyl (C=O) groups excluding carboxylic acids is 1. The second kappa shape index (κ2) is 6.79. The number of nitrogens with one attached hydrogen (secondary N) is 2. The Morgan fingerprint density at radius 3 is 2.76 bits per heavy atom. The molecule has 0 bridgehead atoms. The van der Waals surface area contributed by atoms with Gasteiger partial charge in [0, 0.05) is 18.0 Å². The summed E-state index contributed by atoms with van der Waals surface area (Å²) in [4.78, 5) is 13.3. The molecule has 6 nitrogen and oxygen atoms in total. The van der Waals surface area contributed by atoms with Gasteiger partial charge in [-0.05, 0) is 30.0 Å².